The SMILES string of the molecule is N=C/C=C\C=C1/CC/C=C(/C=C\C=C/N)c2cc(=O)cc1[nH]2. The van der Waals surface area contributed by atoms with E-state index in [1.54, 1.807) is 24.3 Å². The minimum absolute atomic E-state index is 0.0266. The van der Waals surface area contributed by atoms with E-state index in [1.165, 1.54) is 12.4 Å². The Morgan fingerprint density at radius 3 is 2.73 bits per heavy atom. The molecule has 1 aliphatic rings. The summed E-state index contributed by atoms with van der Waals surface area (Å²) in [5, 5.41) is 7.01. The molecule has 1 aromatic heterocycles. The van der Waals surface area contributed by atoms with Crippen LogP contribution in [-0.4, -0.2) is 11.2 Å². The van der Waals surface area contributed by atoms with E-state index in [2.05, 4.69) is 11.1 Å². The summed E-state index contributed by atoms with van der Waals surface area (Å²) < 4.78 is 0. The fraction of sp³-hybridized carbons (Fsp3) is 0.111. The molecule has 0 amide bonds. The Morgan fingerprint density at radius 2 is 1.95 bits per heavy atom. The number of fused-ring (bicyclic) bond motifs is 2. The summed E-state index contributed by atoms with van der Waals surface area (Å²) in [5.74, 6) is 0. The van der Waals surface area contributed by atoms with Gasteiger partial charge in [-0.25, -0.2) is 0 Å². The molecule has 0 fully saturated rings. The molecule has 112 valence electrons. The number of hydrogen-bond donors (Lipinski definition) is 3. The van der Waals surface area contributed by atoms with Crippen LogP contribution in [0.15, 0.2) is 65.7 Å². The molecule has 0 saturated carbocycles. The molecular formula is C18H19N3O. The van der Waals surface area contributed by atoms with Crippen molar-refractivity contribution in [2.24, 2.45) is 5.73 Å². The highest BCUT2D eigenvalue weighted by molar-refractivity contribution is 5.76. The van der Waals surface area contributed by atoms with Gasteiger partial charge in [0.05, 0.1) is 0 Å². The van der Waals surface area contributed by atoms with Crippen molar-refractivity contribution in [2.75, 3.05) is 0 Å². The number of aromatic amines is 1. The zero-order chi connectivity index (χ0) is 15.8. The maximum absolute atomic E-state index is 11.9. The molecule has 2 bridgehead atoms. The molecule has 1 aliphatic heterocycles. The third-order valence-electron chi connectivity index (χ3n) is 3.28. The number of nitrogens with one attached hydrogen (secondary N) is 2. The Labute approximate surface area is 129 Å². The highest BCUT2D eigenvalue weighted by Gasteiger charge is 2.09. The molecule has 2 rings (SSSR count). The van der Waals surface area contributed by atoms with Crippen LogP contribution in [0.4, 0.5) is 0 Å². The summed E-state index contributed by atoms with van der Waals surface area (Å²) >= 11 is 0. The molecule has 0 unspecified atom stereocenters. The molecule has 4 nitrogen and oxygen atoms in total. The molecular weight excluding hydrogens is 274 g/mol. The second-order valence-electron chi connectivity index (χ2n) is 4.83. The van der Waals surface area contributed by atoms with Crippen LogP contribution in [0.5, 0.6) is 0 Å². The van der Waals surface area contributed by atoms with Crippen molar-refractivity contribution in [3.8, 4) is 0 Å². The highest BCUT2D eigenvalue weighted by Crippen LogP contribution is 2.25. The lowest BCUT2D eigenvalue weighted by Gasteiger charge is -2.13. The standard InChI is InChI=1S/C18H19N3O/c19-10-3-1-6-14-8-5-9-15(7-2-4-11-20)18-13-16(22)12-17(14)21-18/h1-4,6-8,10-13,20H,5,9,19H2,(H,21,22)/b4-2-,6-1-,10-3-,14-8-,15-7+,20-11?. The predicted molar refractivity (Wildman–Crippen MR) is 92.6 cm³/mol. The lowest BCUT2D eigenvalue weighted by Crippen LogP contribution is -2.07. The zero-order valence-electron chi connectivity index (χ0n) is 12.3. The van der Waals surface area contributed by atoms with Crippen LogP contribution in [0.2, 0.25) is 0 Å². The molecule has 1 aromatic rings. The molecule has 0 spiro atoms. The Balaban J connectivity index is 2.45. The molecule has 4 heteroatoms. The summed E-state index contributed by atoms with van der Waals surface area (Å²) in [7, 11) is 0. The zero-order valence-corrected chi connectivity index (χ0v) is 12.3. The van der Waals surface area contributed by atoms with Gasteiger partial charge < -0.3 is 16.1 Å². The topological polar surface area (TPSA) is 82.7 Å². The normalized spacial score (nSPS) is 19.5. The Hall–Kier alpha value is -2.88. The Morgan fingerprint density at radius 1 is 1.14 bits per heavy atom. The number of pyridine rings is 1. The first kappa shape index (κ1) is 15.5. The number of aromatic nitrogens is 1. The van der Waals surface area contributed by atoms with Crippen molar-refractivity contribution in [3.05, 3.63) is 82.5 Å². The maximum Gasteiger partial charge on any atom is 0.182 e. The highest BCUT2D eigenvalue weighted by atomic mass is 16.1. The van der Waals surface area contributed by atoms with E-state index in [-0.39, 0.29) is 5.43 Å². The largest absolute Gasteiger partial charge is 0.405 e. The first-order valence-corrected chi connectivity index (χ1v) is 7.11. The van der Waals surface area contributed by atoms with Crippen molar-refractivity contribution < 1.29 is 0 Å². The fourth-order valence-electron chi connectivity index (χ4n) is 2.28. The first-order valence-electron chi connectivity index (χ1n) is 7.11. The summed E-state index contributed by atoms with van der Waals surface area (Å²) in [6.07, 6.45) is 17.4. The van der Waals surface area contributed by atoms with E-state index >= 15 is 0 Å². The number of H-pyrrole nitrogens is 1. The average Bonchev–Trinajstić information content (AvgIpc) is 2.50. The van der Waals surface area contributed by atoms with E-state index in [1.807, 2.05) is 24.3 Å². The van der Waals surface area contributed by atoms with Gasteiger partial charge in [0.15, 0.2) is 5.43 Å². The van der Waals surface area contributed by atoms with E-state index in [4.69, 9.17) is 11.1 Å². The van der Waals surface area contributed by atoms with Crippen LogP contribution in [0.25, 0.3) is 11.1 Å². The first-order chi connectivity index (χ1) is 10.7. The maximum atomic E-state index is 11.9. The number of nitrogens with two attached hydrogens (primary N) is 1. The van der Waals surface area contributed by atoms with Crippen LogP contribution in [0, 0.1) is 5.41 Å². The Bertz CT molecular complexity index is 746. The third kappa shape index (κ3) is 4.06. The summed E-state index contributed by atoms with van der Waals surface area (Å²) in [5.41, 5.74) is 8.95. The van der Waals surface area contributed by atoms with E-state index in [0.717, 1.165) is 35.4 Å². The van der Waals surface area contributed by atoms with Crippen molar-refractivity contribution in [3.63, 3.8) is 0 Å². The average molecular weight is 293 g/mol. The predicted octanol–water partition coefficient (Wildman–Crippen LogP) is 3.17. The van der Waals surface area contributed by atoms with Crippen LogP contribution in [0.1, 0.15) is 24.2 Å². The van der Waals surface area contributed by atoms with Gasteiger partial charge in [0, 0.05) is 29.7 Å². The molecule has 22 heavy (non-hydrogen) atoms. The smallest absolute Gasteiger partial charge is 0.182 e. The summed E-state index contributed by atoms with van der Waals surface area (Å²) in [6, 6.07) is 3.21. The molecule has 0 atom stereocenters. The van der Waals surface area contributed by atoms with Crippen molar-refractivity contribution in [1.82, 2.24) is 4.98 Å². The number of rotatable bonds is 4. The monoisotopic (exact) mass is 293 g/mol. The fourth-order valence-corrected chi connectivity index (χ4v) is 2.28. The number of allylic oxidation sites excluding steroid dienone is 9. The third-order valence-corrected chi connectivity index (χ3v) is 3.28. The minimum atomic E-state index is -0.0266. The van der Waals surface area contributed by atoms with Crippen LogP contribution in [0.3, 0.4) is 0 Å². The van der Waals surface area contributed by atoms with Gasteiger partial charge in [-0.05, 0) is 42.3 Å². The lowest BCUT2D eigenvalue weighted by molar-refractivity contribution is 1.03. The van der Waals surface area contributed by atoms with Crippen molar-refractivity contribution >= 4 is 17.4 Å². The van der Waals surface area contributed by atoms with Gasteiger partial charge >= 0.3 is 0 Å². The molecule has 4 N–H and O–H groups in total. The van der Waals surface area contributed by atoms with Gasteiger partial charge in [0.25, 0.3) is 0 Å². The Kier molecular flexibility index (Phi) is 5.49. The quantitative estimate of drug-likeness (QED) is 0.588. The van der Waals surface area contributed by atoms with Crippen LogP contribution < -0.4 is 11.2 Å². The second-order valence-corrected chi connectivity index (χ2v) is 4.83. The van der Waals surface area contributed by atoms with E-state index in [9.17, 15) is 4.79 Å². The van der Waals surface area contributed by atoms with Crippen molar-refractivity contribution in [2.45, 2.75) is 12.8 Å². The van der Waals surface area contributed by atoms with Gasteiger partial charge in [0.1, 0.15) is 0 Å². The number of hydrogen-bond acceptors (Lipinski definition) is 3. The van der Waals surface area contributed by atoms with Gasteiger partial charge in [-0.3, -0.25) is 4.79 Å². The van der Waals surface area contributed by atoms with E-state index < -0.39 is 0 Å². The molecule has 0 aromatic carbocycles. The van der Waals surface area contributed by atoms with Gasteiger partial charge in [-0.2, -0.15) is 0 Å². The van der Waals surface area contributed by atoms with Gasteiger partial charge in [-0.1, -0.05) is 30.4 Å². The van der Waals surface area contributed by atoms with Gasteiger partial charge in [0.2, 0.25) is 0 Å². The molecule has 2 heterocycles. The summed E-state index contributed by atoms with van der Waals surface area (Å²) in [4.78, 5) is 15.2. The molecule has 0 radical (unpaired) electrons. The summed E-state index contributed by atoms with van der Waals surface area (Å²) in [6.45, 7) is 0. The second kappa shape index (κ2) is 7.78. The molecule has 0 aliphatic carbocycles. The lowest BCUT2D eigenvalue weighted by atomic mass is 9.99. The molecule has 0 saturated heterocycles. The van der Waals surface area contributed by atoms with Crippen LogP contribution >= 0.6 is 0 Å². The minimum Gasteiger partial charge on any atom is -0.405 e. The van der Waals surface area contributed by atoms with Gasteiger partial charge in [-0.15, -0.1) is 0 Å². The van der Waals surface area contributed by atoms with E-state index in [0.29, 0.717) is 0 Å². The van der Waals surface area contributed by atoms with Crippen LogP contribution in [-0.2, 0) is 0 Å². The van der Waals surface area contributed by atoms with Crippen molar-refractivity contribution in [1.29, 1.82) is 5.41 Å².